The average Bonchev–Trinajstić information content (AvgIpc) is 2.37. The monoisotopic (exact) mass is 300 g/mol. The molecule has 116 valence electrons. The van der Waals surface area contributed by atoms with Crippen LogP contribution in [0.1, 0.15) is 27.7 Å². The highest BCUT2D eigenvalue weighted by atomic mass is 32.2. The molecule has 5 nitrogen and oxygen atoms in total. The van der Waals surface area contributed by atoms with Crippen LogP contribution in [0.4, 0.5) is 0 Å². The summed E-state index contributed by atoms with van der Waals surface area (Å²) in [5.74, 6) is 2.03. The smallest absolute Gasteiger partial charge is 0.227 e. The summed E-state index contributed by atoms with van der Waals surface area (Å²) in [7, 11) is 3.47. The van der Waals surface area contributed by atoms with Crippen molar-refractivity contribution in [1.82, 2.24) is 15.5 Å². The van der Waals surface area contributed by atoms with Gasteiger partial charge in [-0.2, -0.15) is 11.8 Å². The summed E-state index contributed by atoms with van der Waals surface area (Å²) in [5, 5.41) is 6.04. The van der Waals surface area contributed by atoms with Gasteiger partial charge in [-0.15, -0.1) is 0 Å². The fourth-order valence-corrected chi connectivity index (χ4v) is 3.36. The number of guanidine groups is 1. The summed E-state index contributed by atoms with van der Waals surface area (Å²) in [4.78, 5) is 18.4. The summed E-state index contributed by atoms with van der Waals surface area (Å²) < 4.78 is 0.242. The summed E-state index contributed by atoms with van der Waals surface area (Å²) in [6.07, 6.45) is 0. The molecule has 0 aromatic heterocycles. The molecule has 20 heavy (non-hydrogen) atoms. The number of aliphatic imine (C=N–C) groups is 1. The van der Waals surface area contributed by atoms with E-state index >= 15 is 0 Å². The first-order valence-electron chi connectivity index (χ1n) is 7.03. The Morgan fingerprint density at radius 2 is 2.10 bits per heavy atom. The molecule has 0 bridgehead atoms. The third kappa shape index (κ3) is 4.58. The second-order valence-electron chi connectivity index (χ2n) is 6.39. The molecule has 1 heterocycles. The molecule has 1 saturated heterocycles. The third-order valence-electron chi connectivity index (χ3n) is 3.47. The van der Waals surface area contributed by atoms with Gasteiger partial charge < -0.3 is 15.5 Å². The zero-order valence-corrected chi connectivity index (χ0v) is 14.4. The summed E-state index contributed by atoms with van der Waals surface area (Å²) in [6.45, 7) is 10.9. The van der Waals surface area contributed by atoms with Crippen LogP contribution in [0.25, 0.3) is 0 Å². The molecule has 6 heteroatoms. The normalized spacial score (nSPS) is 19.7. The van der Waals surface area contributed by atoms with Crippen LogP contribution < -0.4 is 10.6 Å². The lowest BCUT2D eigenvalue weighted by Gasteiger charge is -2.39. The molecule has 2 N–H and O–H groups in total. The molecule has 0 unspecified atom stereocenters. The van der Waals surface area contributed by atoms with E-state index in [-0.39, 0.29) is 10.7 Å². The Morgan fingerprint density at radius 1 is 1.45 bits per heavy atom. The van der Waals surface area contributed by atoms with Gasteiger partial charge in [-0.25, -0.2) is 0 Å². The van der Waals surface area contributed by atoms with Gasteiger partial charge in [0.05, 0.1) is 5.41 Å². The van der Waals surface area contributed by atoms with Gasteiger partial charge in [0.2, 0.25) is 5.91 Å². The van der Waals surface area contributed by atoms with E-state index in [0.717, 1.165) is 24.8 Å². The Morgan fingerprint density at radius 3 is 2.60 bits per heavy atom. The number of hydrogen-bond donors (Lipinski definition) is 2. The number of carbonyl (C=O) groups excluding carboxylic acids is 1. The topological polar surface area (TPSA) is 56.7 Å². The molecule has 1 aliphatic heterocycles. The maximum absolute atomic E-state index is 11.8. The highest BCUT2D eigenvalue weighted by molar-refractivity contribution is 8.00. The first-order chi connectivity index (χ1) is 9.22. The van der Waals surface area contributed by atoms with Gasteiger partial charge in [-0.05, 0) is 27.7 Å². The average molecular weight is 300 g/mol. The largest absolute Gasteiger partial charge is 0.359 e. The Bertz CT molecular complexity index is 379. The van der Waals surface area contributed by atoms with Gasteiger partial charge in [0.1, 0.15) is 0 Å². The van der Waals surface area contributed by atoms with Crippen LogP contribution in [-0.2, 0) is 4.79 Å². The molecule has 1 amide bonds. The number of thioether (sulfide) groups is 1. The van der Waals surface area contributed by atoms with E-state index in [2.05, 4.69) is 34.4 Å². The fraction of sp³-hybridized carbons (Fsp3) is 0.857. The highest BCUT2D eigenvalue weighted by Gasteiger charge is 2.31. The molecule has 0 aromatic carbocycles. The molecule has 0 aromatic rings. The van der Waals surface area contributed by atoms with Crippen LogP contribution in [0.15, 0.2) is 4.99 Å². The van der Waals surface area contributed by atoms with E-state index in [9.17, 15) is 4.79 Å². The van der Waals surface area contributed by atoms with Crippen molar-refractivity contribution in [3.63, 3.8) is 0 Å². The van der Waals surface area contributed by atoms with Crippen LogP contribution in [0.3, 0.4) is 0 Å². The number of nitrogens with zero attached hydrogens (tertiary/aromatic N) is 2. The van der Waals surface area contributed by atoms with Crippen molar-refractivity contribution in [3.05, 3.63) is 0 Å². The number of nitrogens with one attached hydrogen (secondary N) is 2. The molecule has 0 atom stereocenters. The van der Waals surface area contributed by atoms with E-state index < -0.39 is 5.41 Å². The quantitative estimate of drug-likeness (QED) is 0.607. The van der Waals surface area contributed by atoms with Gasteiger partial charge in [-0.3, -0.25) is 9.79 Å². The third-order valence-corrected chi connectivity index (χ3v) is 4.76. The van der Waals surface area contributed by atoms with Crippen molar-refractivity contribution < 1.29 is 4.79 Å². The zero-order valence-electron chi connectivity index (χ0n) is 13.5. The number of carbonyl (C=O) groups is 1. The lowest BCUT2D eigenvalue weighted by Crippen LogP contribution is -2.53. The molecule has 1 aliphatic rings. The minimum absolute atomic E-state index is 0.0370. The number of rotatable bonds is 3. The maximum atomic E-state index is 11.8. The van der Waals surface area contributed by atoms with E-state index in [0.29, 0.717) is 6.54 Å². The maximum Gasteiger partial charge on any atom is 0.227 e. The molecular weight excluding hydrogens is 272 g/mol. The predicted octanol–water partition coefficient (Wildman–Crippen LogP) is 1.16. The van der Waals surface area contributed by atoms with Gasteiger partial charge in [-0.1, -0.05) is 0 Å². The van der Waals surface area contributed by atoms with Crippen LogP contribution in [0, 0.1) is 5.41 Å². The Kier molecular flexibility index (Phi) is 5.74. The van der Waals surface area contributed by atoms with Crippen LogP contribution in [0.5, 0.6) is 0 Å². The summed E-state index contributed by atoms with van der Waals surface area (Å²) in [6, 6.07) is 0. The van der Waals surface area contributed by atoms with Crippen molar-refractivity contribution in [2.45, 2.75) is 32.4 Å². The van der Waals surface area contributed by atoms with Crippen LogP contribution in [-0.4, -0.2) is 61.0 Å². The van der Waals surface area contributed by atoms with Crippen molar-refractivity contribution in [2.24, 2.45) is 10.4 Å². The van der Waals surface area contributed by atoms with E-state index in [1.807, 2.05) is 25.6 Å². The Hall–Kier alpha value is -0.910. The highest BCUT2D eigenvalue weighted by Crippen LogP contribution is 2.29. The zero-order chi connectivity index (χ0) is 15.4. The molecule has 1 fully saturated rings. The lowest BCUT2D eigenvalue weighted by atomic mass is 9.92. The molecule has 0 aliphatic carbocycles. The fourth-order valence-electron chi connectivity index (χ4n) is 2.25. The van der Waals surface area contributed by atoms with Gasteiger partial charge >= 0.3 is 0 Å². The van der Waals surface area contributed by atoms with Crippen LogP contribution in [0.2, 0.25) is 0 Å². The second kappa shape index (κ2) is 6.70. The number of amides is 1. The molecule has 0 spiro atoms. The standard InChI is InChI=1S/C14H28N4OS/c1-13(2,11(19)15-5)9-17-12(16-6)18-7-8-20-14(3,4)10-18/h7-10H2,1-6H3,(H,15,19)(H,16,17). The summed E-state index contributed by atoms with van der Waals surface area (Å²) >= 11 is 2.00. The molecule has 1 rings (SSSR count). The van der Waals surface area contributed by atoms with Gasteiger partial charge in [0.15, 0.2) is 5.96 Å². The van der Waals surface area contributed by atoms with Gasteiger partial charge in [0, 0.05) is 44.2 Å². The molecular formula is C14H28N4OS. The van der Waals surface area contributed by atoms with Crippen molar-refractivity contribution in [3.8, 4) is 0 Å². The van der Waals surface area contributed by atoms with E-state index in [4.69, 9.17) is 0 Å². The Balaban J connectivity index is 2.63. The molecule has 0 saturated carbocycles. The van der Waals surface area contributed by atoms with Gasteiger partial charge in [0.25, 0.3) is 0 Å². The molecule has 0 radical (unpaired) electrons. The number of hydrogen-bond acceptors (Lipinski definition) is 3. The second-order valence-corrected chi connectivity index (χ2v) is 8.20. The predicted molar refractivity (Wildman–Crippen MR) is 87.3 cm³/mol. The minimum Gasteiger partial charge on any atom is -0.359 e. The SMILES string of the molecule is CN=C(NCC(C)(C)C(=O)NC)N1CCSC(C)(C)C1. The lowest BCUT2D eigenvalue weighted by molar-refractivity contribution is -0.128. The Labute approximate surface area is 127 Å². The first-order valence-corrected chi connectivity index (χ1v) is 8.02. The van der Waals surface area contributed by atoms with E-state index in [1.165, 1.54) is 0 Å². The van der Waals surface area contributed by atoms with Crippen molar-refractivity contribution >= 4 is 23.6 Å². The van der Waals surface area contributed by atoms with Crippen molar-refractivity contribution in [2.75, 3.05) is 39.5 Å². The van der Waals surface area contributed by atoms with E-state index in [1.54, 1.807) is 14.1 Å². The van der Waals surface area contributed by atoms with Crippen LogP contribution >= 0.6 is 11.8 Å². The van der Waals surface area contributed by atoms with Crippen molar-refractivity contribution in [1.29, 1.82) is 0 Å². The minimum atomic E-state index is -0.454. The summed E-state index contributed by atoms with van der Waals surface area (Å²) in [5.41, 5.74) is -0.454. The first kappa shape index (κ1) is 17.1.